The lowest BCUT2D eigenvalue weighted by Crippen LogP contribution is -1.95. The molecule has 3 aromatic rings. The van der Waals surface area contributed by atoms with Gasteiger partial charge in [0.05, 0.1) is 5.69 Å². The van der Waals surface area contributed by atoms with Crippen LogP contribution in [0.1, 0.15) is 5.69 Å². The smallest absolute Gasteiger partial charge is 0.138 e. The number of hydrogen-bond acceptors (Lipinski definition) is 2. The number of aromatic nitrogens is 2. The summed E-state index contributed by atoms with van der Waals surface area (Å²) in [7, 11) is 0. The highest BCUT2D eigenvalue weighted by atomic mass is 15.1. The van der Waals surface area contributed by atoms with Crippen LogP contribution in [0.3, 0.4) is 0 Å². The Morgan fingerprint density at radius 1 is 1.00 bits per heavy atom. The van der Waals surface area contributed by atoms with E-state index in [2.05, 4.69) is 14.7 Å². The summed E-state index contributed by atoms with van der Waals surface area (Å²) in [5.41, 5.74) is 3.03. The van der Waals surface area contributed by atoms with E-state index in [0.717, 1.165) is 22.8 Å². The molecule has 1 aromatic carbocycles. The van der Waals surface area contributed by atoms with Gasteiger partial charge in [-0.25, -0.2) is 4.98 Å². The van der Waals surface area contributed by atoms with Gasteiger partial charge in [0.15, 0.2) is 0 Å². The summed E-state index contributed by atoms with van der Waals surface area (Å²) in [6, 6.07) is 16.1. The van der Waals surface area contributed by atoms with Crippen LogP contribution in [0, 0.1) is 6.92 Å². The Kier molecular flexibility index (Phi) is 2.29. The van der Waals surface area contributed by atoms with Gasteiger partial charge in [-0.3, -0.25) is 4.40 Å². The van der Waals surface area contributed by atoms with Gasteiger partial charge in [-0.2, -0.15) is 0 Å². The first-order valence-corrected chi connectivity index (χ1v) is 5.60. The molecule has 0 radical (unpaired) electrons. The second-order valence-electron chi connectivity index (χ2n) is 3.97. The molecule has 0 amide bonds. The maximum absolute atomic E-state index is 4.51. The van der Waals surface area contributed by atoms with Crippen LogP contribution in [0.2, 0.25) is 0 Å². The molecule has 2 heterocycles. The van der Waals surface area contributed by atoms with E-state index in [1.54, 1.807) is 0 Å². The summed E-state index contributed by atoms with van der Waals surface area (Å²) in [6.45, 7) is 2.01. The van der Waals surface area contributed by atoms with Crippen LogP contribution in [-0.2, 0) is 0 Å². The van der Waals surface area contributed by atoms with E-state index in [9.17, 15) is 0 Å². The largest absolute Gasteiger partial charge is 0.340 e. The van der Waals surface area contributed by atoms with Crippen LogP contribution in [0.25, 0.3) is 5.65 Å². The Morgan fingerprint density at radius 3 is 2.59 bits per heavy atom. The lowest BCUT2D eigenvalue weighted by molar-refractivity contribution is 1.18. The van der Waals surface area contributed by atoms with E-state index >= 15 is 0 Å². The summed E-state index contributed by atoms with van der Waals surface area (Å²) in [4.78, 5) is 4.51. The Morgan fingerprint density at radius 2 is 1.76 bits per heavy atom. The zero-order chi connectivity index (χ0) is 11.7. The second kappa shape index (κ2) is 3.94. The fraction of sp³-hybridized carbons (Fsp3) is 0.0714. The van der Waals surface area contributed by atoms with E-state index < -0.39 is 0 Å². The highest BCUT2D eigenvalue weighted by Crippen LogP contribution is 2.21. The molecule has 3 nitrogen and oxygen atoms in total. The van der Waals surface area contributed by atoms with E-state index in [4.69, 9.17) is 0 Å². The van der Waals surface area contributed by atoms with Crippen LogP contribution in [-0.4, -0.2) is 9.38 Å². The van der Waals surface area contributed by atoms with Crippen molar-refractivity contribution < 1.29 is 0 Å². The standard InChI is InChI=1S/C14H13N3/c1-11-14(16-12-7-3-2-4-8-12)17-10-6-5-9-13(17)15-11/h2-10,16H,1H3. The first-order chi connectivity index (χ1) is 8.34. The SMILES string of the molecule is Cc1nc2ccccn2c1Nc1ccccc1. The summed E-state index contributed by atoms with van der Waals surface area (Å²) in [5.74, 6) is 1.02. The molecular formula is C14H13N3. The number of anilines is 2. The van der Waals surface area contributed by atoms with E-state index in [1.165, 1.54) is 0 Å². The average Bonchev–Trinajstić information content (AvgIpc) is 2.68. The third-order valence-corrected chi connectivity index (χ3v) is 2.74. The van der Waals surface area contributed by atoms with Crippen LogP contribution in [0.15, 0.2) is 54.7 Å². The number of pyridine rings is 1. The quantitative estimate of drug-likeness (QED) is 0.721. The Bertz CT molecular complexity index is 641. The molecule has 3 heteroatoms. The predicted molar refractivity (Wildman–Crippen MR) is 69.7 cm³/mol. The van der Waals surface area contributed by atoms with Crippen molar-refractivity contribution >= 4 is 17.2 Å². The molecule has 0 saturated carbocycles. The van der Waals surface area contributed by atoms with Crippen molar-refractivity contribution in [2.24, 2.45) is 0 Å². The first-order valence-electron chi connectivity index (χ1n) is 5.60. The molecule has 0 aliphatic carbocycles. The Labute approximate surface area is 99.7 Å². The normalized spacial score (nSPS) is 10.6. The van der Waals surface area contributed by atoms with Gasteiger partial charge in [-0.1, -0.05) is 24.3 Å². The maximum Gasteiger partial charge on any atom is 0.138 e. The van der Waals surface area contributed by atoms with Crippen molar-refractivity contribution in [2.75, 3.05) is 5.32 Å². The molecule has 0 fully saturated rings. The minimum Gasteiger partial charge on any atom is -0.340 e. The van der Waals surface area contributed by atoms with Gasteiger partial charge in [0.2, 0.25) is 0 Å². The Balaban J connectivity index is 2.08. The van der Waals surface area contributed by atoms with Crippen molar-refractivity contribution in [3.63, 3.8) is 0 Å². The minimum absolute atomic E-state index is 0.962. The third kappa shape index (κ3) is 1.76. The highest BCUT2D eigenvalue weighted by molar-refractivity contribution is 5.63. The number of aryl methyl sites for hydroxylation is 1. The molecule has 0 aliphatic heterocycles. The number of nitrogens with one attached hydrogen (secondary N) is 1. The zero-order valence-corrected chi connectivity index (χ0v) is 9.59. The van der Waals surface area contributed by atoms with Crippen LogP contribution < -0.4 is 5.32 Å². The summed E-state index contributed by atoms with van der Waals surface area (Å²) >= 11 is 0. The number of para-hydroxylation sites is 1. The molecule has 84 valence electrons. The Hall–Kier alpha value is -2.29. The zero-order valence-electron chi connectivity index (χ0n) is 9.59. The van der Waals surface area contributed by atoms with Gasteiger partial charge < -0.3 is 5.32 Å². The van der Waals surface area contributed by atoms with Crippen molar-refractivity contribution in [3.05, 3.63) is 60.4 Å². The molecule has 0 aliphatic rings. The van der Waals surface area contributed by atoms with E-state index in [0.29, 0.717) is 0 Å². The minimum atomic E-state index is 0.962. The van der Waals surface area contributed by atoms with Gasteiger partial charge in [-0.15, -0.1) is 0 Å². The van der Waals surface area contributed by atoms with Gasteiger partial charge in [0.25, 0.3) is 0 Å². The number of nitrogens with zero attached hydrogens (tertiary/aromatic N) is 2. The van der Waals surface area contributed by atoms with Crippen LogP contribution in [0.5, 0.6) is 0 Å². The number of imidazole rings is 1. The summed E-state index contributed by atoms with van der Waals surface area (Å²) in [6.07, 6.45) is 2.01. The number of fused-ring (bicyclic) bond motifs is 1. The molecule has 17 heavy (non-hydrogen) atoms. The fourth-order valence-electron chi connectivity index (χ4n) is 1.92. The van der Waals surface area contributed by atoms with Gasteiger partial charge in [0.1, 0.15) is 11.5 Å². The average molecular weight is 223 g/mol. The van der Waals surface area contributed by atoms with Gasteiger partial charge in [0, 0.05) is 11.9 Å². The molecule has 3 rings (SSSR count). The van der Waals surface area contributed by atoms with E-state index in [-0.39, 0.29) is 0 Å². The lowest BCUT2D eigenvalue weighted by atomic mass is 10.3. The third-order valence-electron chi connectivity index (χ3n) is 2.74. The molecule has 2 aromatic heterocycles. The van der Waals surface area contributed by atoms with Gasteiger partial charge in [-0.05, 0) is 31.2 Å². The summed E-state index contributed by atoms with van der Waals surface area (Å²) < 4.78 is 2.06. The molecule has 1 N–H and O–H groups in total. The summed E-state index contributed by atoms with van der Waals surface area (Å²) in [5, 5.41) is 3.40. The molecule has 0 unspecified atom stereocenters. The van der Waals surface area contributed by atoms with Crippen molar-refractivity contribution in [3.8, 4) is 0 Å². The number of benzene rings is 1. The molecule has 0 spiro atoms. The number of hydrogen-bond donors (Lipinski definition) is 1. The topological polar surface area (TPSA) is 29.3 Å². The monoisotopic (exact) mass is 223 g/mol. The number of rotatable bonds is 2. The van der Waals surface area contributed by atoms with Crippen LogP contribution in [0.4, 0.5) is 11.5 Å². The maximum atomic E-state index is 4.51. The lowest BCUT2D eigenvalue weighted by Gasteiger charge is -2.06. The van der Waals surface area contributed by atoms with Crippen LogP contribution >= 0.6 is 0 Å². The molecule has 0 saturated heterocycles. The molecular weight excluding hydrogens is 210 g/mol. The first kappa shape index (κ1) is 9.90. The predicted octanol–water partition coefficient (Wildman–Crippen LogP) is 3.39. The van der Waals surface area contributed by atoms with E-state index in [1.807, 2.05) is 61.7 Å². The van der Waals surface area contributed by atoms with Crippen molar-refractivity contribution in [1.82, 2.24) is 9.38 Å². The van der Waals surface area contributed by atoms with Crippen molar-refractivity contribution in [2.45, 2.75) is 6.92 Å². The highest BCUT2D eigenvalue weighted by Gasteiger charge is 2.07. The molecule has 0 bridgehead atoms. The van der Waals surface area contributed by atoms with Gasteiger partial charge >= 0.3 is 0 Å². The fourth-order valence-corrected chi connectivity index (χ4v) is 1.92. The second-order valence-corrected chi connectivity index (χ2v) is 3.97. The molecule has 0 atom stereocenters. The van der Waals surface area contributed by atoms with Crippen molar-refractivity contribution in [1.29, 1.82) is 0 Å².